The second-order valence-corrected chi connectivity index (χ2v) is 2.40. The number of hydrogen-bond acceptors (Lipinski definition) is 1. The summed E-state index contributed by atoms with van der Waals surface area (Å²) in [6.07, 6.45) is 4.04. The van der Waals surface area contributed by atoms with Crippen LogP contribution in [0.2, 0.25) is 0 Å². The summed E-state index contributed by atoms with van der Waals surface area (Å²) in [6, 6.07) is 0. The molecule has 0 fully saturated rings. The highest BCUT2D eigenvalue weighted by Crippen LogP contribution is 2.06. The molecule has 2 nitrogen and oxygen atoms in total. The Balaban J connectivity index is 0. The highest BCUT2D eigenvalue weighted by molar-refractivity contribution is 5.48. The van der Waals surface area contributed by atoms with Crippen molar-refractivity contribution in [2.24, 2.45) is 0 Å². The number of nitrogens with zero attached hydrogens (tertiary/aromatic N) is 1. The molecule has 1 rings (SSSR count). The molecule has 1 aliphatic rings. The number of hydrogen-bond donors (Lipinski definition) is 0. The molecule has 0 spiro atoms. The van der Waals surface area contributed by atoms with Crippen molar-refractivity contribution in [2.75, 3.05) is 13.1 Å². The molecule has 0 aromatic carbocycles. The van der Waals surface area contributed by atoms with Crippen LogP contribution in [0, 0.1) is 0 Å². The van der Waals surface area contributed by atoms with Gasteiger partial charge in [-0.05, 0) is 13.3 Å². The molecule has 0 bridgehead atoms. The maximum atomic E-state index is 10.2. The molecule has 1 amide bonds. The monoisotopic (exact) mass is 185 g/mol. The number of carbonyl (C=O) groups excluding carboxylic acids is 1. The van der Waals surface area contributed by atoms with E-state index in [0.717, 1.165) is 25.9 Å². The van der Waals surface area contributed by atoms with E-state index >= 15 is 0 Å². The number of amides is 1. The van der Waals surface area contributed by atoms with Gasteiger partial charge in [-0.3, -0.25) is 4.79 Å². The van der Waals surface area contributed by atoms with Gasteiger partial charge in [0.15, 0.2) is 0 Å². The van der Waals surface area contributed by atoms with Crippen molar-refractivity contribution in [3.8, 4) is 0 Å². The molecular formula is C11H23NO. The van der Waals surface area contributed by atoms with Gasteiger partial charge in [0, 0.05) is 13.1 Å². The van der Waals surface area contributed by atoms with Crippen LogP contribution >= 0.6 is 0 Å². The Kier molecular flexibility index (Phi) is 12.7. The van der Waals surface area contributed by atoms with Crippen molar-refractivity contribution in [3.05, 3.63) is 11.6 Å². The molecular weight excluding hydrogens is 162 g/mol. The summed E-state index contributed by atoms with van der Waals surface area (Å²) in [5, 5.41) is 0. The first-order valence-electron chi connectivity index (χ1n) is 5.18. The third-order valence-electron chi connectivity index (χ3n) is 1.62. The van der Waals surface area contributed by atoms with E-state index in [2.05, 4.69) is 13.0 Å². The zero-order valence-electron chi connectivity index (χ0n) is 9.63. The molecule has 1 heterocycles. The molecule has 0 aliphatic carbocycles. The van der Waals surface area contributed by atoms with Crippen molar-refractivity contribution < 1.29 is 4.79 Å². The van der Waals surface area contributed by atoms with E-state index in [1.165, 1.54) is 5.57 Å². The Morgan fingerprint density at radius 1 is 1.31 bits per heavy atom. The first-order chi connectivity index (χ1) is 6.33. The minimum absolute atomic E-state index is 0.801. The van der Waals surface area contributed by atoms with Crippen LogP contribution in [0.15, 0.2) is 11.6 Å². The summed E-state index contributed by atoms with van der Waals surface area (Å²) < 4.78 is 0. The fourth-order valence-electron chi connectivity index (χ4n) is 0.882. The minimum atomic E-state index is 0.801. The smallest absolute Gasteiger partial charge is 0.209 e. The van der Waals surface area contributed by atoms with Crippen LogP contribution in [0.4, 0.5) is 0 Å². The standard InChI is InChI=1S/C7H11NO.2C2H6/c1-7-2-4-8(6-9)5-3-7;2*1-2/h2,6H,3-5H2,1H3;2*1-2H3. The number of rotatable bonds is 1. The molecule has 78 valence electrons. The van der Waals surface area contributed by atoms with E-state index in [-0.39, 0.29) is 0 Å². The summed E-state index contributed by atoms with van der Waals surface area (Å²) >= 11 is 0. The molecule has 0 N–H and O–H groups in total. The Bertz CT molecular complexity index is 141. The van der Waals surface area contributed by atoms with Gasteiger partial charge in [0.2, 0.25) is 6.41 Å². The zero-order valence-corrected chi connectivity index (χ0v) is 9.63. The number of carbonyl (C=O) groups is 1. The quantitative estimate of drug-likeness (QED) is 0.454. The second kappa shape index (κ2) is 11.2. The Labute approximate surface area is 82.6 Å². The molecule has 1 aliphatic heterocycles. The summed E-state index contributed by atoms with van der Waals surface area (Å²) in [5.74, 6) is 0. The van der Waals surface area contributed by atoms with Gasteiger partial charge < -0.3 is 4.90 Å². The fraction of sp³-hybridized carbons (Fsp3) is 0.727. The van der Waals surface area contributed by atoms with Gasteiger partial charge in [-0.1, -0.05) is 39.3 Å². The lowest BCUT2D eigenvalue weighted by Crippen LogP contribution is -2.26. The van der Waals surface area contributed by atoms with Gasteiger partial charge >= 0.3 is 0 Å². The van der Waals surface area contributed by atoms with E-state index in [1.807, 2.05) is 27.7 Å². The predicted octanol–water partition coefficient (Wildman–Crippen LogP) is 2.85. The van der Waals surface area contributed by atoms with Crippen LogP contribution in [0.5, 0.6) is 0 Å². The van der Waals surface area contributed by atoms with Crippen molar-refractivity contribution in [3.63, 3.8) is 0 Å². The first kappa shape index (κ1) is 14.7. The third kappa shape index (κ3) is 7.57. The largest absolute Gasteiger partial charge is 0.341 e. The highest BCUT2D eigenvalue weighted by Gasteiger charge is 2.04. The Hall–Kier alpha value is -0.790. The molecule has 0 saturated carbocycles. The summed E-state index contributed by atoms with van der Waals surface area (Å²) in [5.41, 5.74) is 1.40. The molecule has 13 heavy (non-hydrogen) atoms. The van der Waals surface area contributed by atoms with Crippen molar-refractivity contribution in [2.45, 2.75) is 41.0 Å². The molecule has 0 saturated heterocycles. The fourth-order valence-corrected chi connectivity index (χ4v) is 0.882. The topological polar surface area (TPSA) is 20.3 Å². The van der Waals surface area contributed by atoms with E-state index in [4.69, 9.17) is 0 Å². The molecule has 0 unspecified atom stereocenters. The minimum Gasteiger partial charge on any atom is -0.341 e. The van der Waals surface area contributed by atoms with E-state index in [9.17, 15) is 4.79 Å². The molecule has 0 aromatic rings. The Morgan fingerprint density at radius 2 is 1.85 bits per heavy atom. The lowest BCUT2D eigenvalue weighted by atomic mass is 10.1. The lowest BCUT2D eigenvalue weighted by Gasteiger charge is -2.20. The molecule has 0 atom stereocenters. The summed E-state index contributed by atoms with van der Waals surface area (Å²) in [7, 11) is 0. The molecule has 2 heteroatoms. The van der Waals surface area contributed by atoms with Gasteiger partial charge in [-0.2, -0.15) is 0 Å². The van der Waals surface area contributed by atoms with Gasteiger partial charge in [-0.15, -0.1) is 0 Å². The van der Waals surface area contributed by atoms with E-state index in [0.29, 0.717) is 0 Å². The SMILES string of the molecule is CC.CC.CC1=CCN(C=O)CC1. The summed E-state index contributed by atoms with van der Waals surface area (Å²) in [6.45, 7) is 11.8. The van der Waals surface area contributed by atoms with Gasteiger partial charge in [0.25, 0.3) is 0 Å². The van der Waals surface area contributed by atoms with Crippen LogP contribution in [0.1, 0.15) is 41.0 Å². The Morgan fingerprint density at radius 3 is 2.15 bits per heavy atom. The maximum absolute atomic E-state index is 10.2. The summed E-state index contributed by atoms with van der Waals surface area (Å²) in [4.78, 5) is 11.9. The lowest BCUT2D eigenvalue weighted by molar-refractivity contribution is -0.117. The predicted molar refractivity (Wildman–Crippen MR) is 58.7 cm³/mol. The molecule has 0 aromatic heterocycles. The van der Waals surface area contributed by atoms with Crippen LogP contribution in [0.25, 0.3) is 0 Å². The van der Waals surface area contributed by atoms with Gasteiger partial charge in [-0.25, -0.2) is 0 Å². The zero-order chi connectivity index (χ0) is 10.7. The normalized spacial score (nSPS) is 14.2. The van der Waals surface area contributed by atoms with Gasteiger partial charge in [0.05, 0.1) is 0 Å². The van der Waals surface area contributed by atoms with Gasteiger partial charge in [0.1, 0.15) is 0 Å². The van der Waals surface area contributed by atoms with Crippen LogP contribution in [0.3, 0.4) is 0 Å². The second-order valence-electron chi connectivity index (χ2n) is 2.40. The van der Waals surface area contributed by atoms with Crippen LogP contribution in [-0.4, -0.2) is 24.4 Å². The average Bonchev–Trinajstić information content (AvgIpc) is 2.25. The van der Waals surface area contributed by atoms with Crippen molar-refractivity contribution in [1.29, 1.82) is 0 Å². The van der Waals surface area contributed by atoms with Crippen LogP contribution in [-0.2, 0) is 4.79 Å². The van der Waals surface area contributed by atoms with E-state index < -0.39 is 0 Å². The first-order valence-corrected chi connectivity index (χ1v) is 5.18. The highest BCUT2D eigenvalue weighted by atomic mass is 16.1. The third-order valence-corrected chi connectivity index (χ3v) is 1.62. The molecule has 0 radical (unpaired) electrons. The van der Waals surface area contributed by atoms with Crippen molar-refractivity contribution >= 4 is 6.41 Å². The van der Waals surface area contributed by atoms with E-state index in [1.54, 1.807) is 4.90 Å². The average molecular weight is 185 g/mol. The maximum Gasteiger partial charge on any atom is 0.209 e. The van der Waals surface area contributed by atoms with Crippen LogP contribution < -0.4 is 0 Å². The van der Waals surface area contributed by atoms with Crippen molar-refractivity contribution in [1.82, 2.24) is 4.90 Å².